The molecule has 1 fully saturated rings. The molecule has 1 aliphatic heterocycles. The van der Waals surface area contributed by atoms with Crippen molar-refractivity contribution in [2.24, 2.45) is 23.7 Å². The number of nitrogens with zero attached hydrogens (tertiary/aromatic N) is 4. The van der Waals surface area contributed by atoms with E-state index in [0.717, 1.165) is 11.5 Å². The Bertz CT molecular complexity index is 1340. The second kappa shape index (κ2) is 8.87. The predicted octanol–water partition coefficient (Wildman–Crippen LogP) is 3.68. The minimum absolute atomic E-state index is 0.218. The number of hydrogen-bond acceptors (Lipinski definition) is 7. The van der Waals surface area contributed by atoms with Gasteiger partial charge in [0.15, 0.2) is 11.4 Å². The van der Waals surface area contributed by atoms with Crippen LogP contribution >= 0.6 is 0 Å². The molecule has 4 N–H and O–H groups in total. The summed E-state index contributed by atoms with van der Waals surface area (Å²) in [5.41, 5.74) is 4.33. The molecule has 2 aromatic heterocycles. The van der Waals surface area contributed by atoms with E-state index in [9.17, 15) is 26.3 Å². The molecule has 0 amide bonds. The van der Waals surface area contributed by atoms with E-state index in [0.29, 0.717) is 23.4 Å². The van der Waals surface area contributed by atoms with E-state index in [2.05, 4.69) is 20.4 Å². The molecule has 3 atom stereocenters. The van der Waals surface area contributed by atoms with Crippen LogP contribution in [0.2, 0.25) is 0 Å². The third kappa shape index (κ3) is 4.59. The molecule has 0 saturated heterocycles. The van der Waals surface area contributed by atoms with Crippen LogP contribution in [0.5, 0.6) is 0 Å². The standard InChI is InChI=1S/C19H17F3N6O.C2HF3O2/c1-28-8-9-4-5-24-16(15(9)27-28)25-10-2-3-13(20)11(6-10)19(17(21)22)12-7-14(12)29-18(23)26-19;3-2(4,5)1(6)7/h2-6,8,12,14,17H,7H2,1H3,(H2,23,26)(H,24,25);(H,6,7)/t12-,14+,19+;/m0./s1. The van der Waals surface area contributed by atoms with Crippen molar-refractivity contribution in [1.29, 1.82) is 0 Å². The van der Waals surface area contributed by atoms with E-state index < -0.39 is 41.9 Å². The van der Waals surface area contributed by atoms with Gasteiger partial charge in [-0.15, -0.1) is 0 Å². The fourth-order valence-electron chi connectivity index (χ4n) is 4.00. The number of carboxylic acids is 1. The van der Waals surface area contributed by atoms with Gasteiger partial charge in [0.1, 0.15) is 17.4 Å². The summed E-state index contributed by atoms with van der Waals surface area (Å²) in [6.07, 6.45) is -4.71. The Balaban J connectivity index is 0.000000384. The number of benzene rings is 1. The summed E-state index contributed by atoms with van der Waals surface area (Å²) in [5.74, 6) is -3.72. The van der Waals surface area contributed by atoms with E-state index in [1.807, 2.05) is 12.3 Å². The van der Waals surface area contributed by atoms with Gasteiger partial charge in [-0.05, 0) is 30.7 Å². The molecule has 1 aliphatic carbocycles. The largest absolute Gasteiger partial charge is 0.490 e. The number of carboxylic acid groups (broad SMARTS) is 1. The average molecular weight is 516 g/mol. The highest BCUT2D eigenvalue weighted by molar-refractivity contribution is 5.89. The van der Waals surface area contributed by atoms with Crippen molar-refractivity contribution in [2.45, 2.75) is 30.7 Å². The van der Waals surface area contributed by atoms with Gasteiger partial charge in [-0.3, -0.25) is 4.68 Å². The average Bonchev–Trinajstić information content (AvgIpc) is 3.45. The minimum Gasteiger partial charge on any atom is -0.475 e. The lowest BCUT2D eigenvalue weighted by Gasteiger charge is -2.33. The van der Waals surface area contributed by atoms with Crippen LogP contribution < -0.4 is 11.1 Å². The number of halogens is 6. The van der Waals surface area contributed by atoms with E-state index >= 15 is 0 Å². The second-order valence-corrected chi connectivity index (χ2v) is 8.10. The molecule has 0 unspecified atom stereocenters. The van der Waals surface area contributed by atoms with Crippen LogP contribution in [0, 0.1) is 11.7 Å². The van der Waals surface area contributed by atoms with Crippen LogP contribution in [0.25, 0.3) is 10.9 Å². The summed E-state index contributed by atoms with van der Waals surface area (Å²) >= 11 is 0. The Kier molecular flexibility index (Phi) is 6.18. The monoisotopic (exact) mass is 516 g/mol. The first-order chi connectivity index (χ1) is 16.8. The highest BCUT2D eigenvalue weighted by Gasteiger charge is 2.64. The number of fused-ring (bicyclic) bond motifs is 2. The number of aliphatic imine (C=N–C) groups is 1. The van der Waals surface area contributed by atoms with Crippen molar-refractivity contribution in [3.63, 3.8) is 0 Å². The topological polar surface area (TPSA) is 128 Å². The molecule has 0 bridgehead atoms. The first-order valence-electron chi connectivity index (χ1n) is 10.3. The third-order valence-corrected chi connectivity index (χ3v) is 5.64. The number of nitrogens with two attached hydrogens (primary N) is 1. The molecule has 1 saturated carbocycles. The number of nitrogens with one attached hydrogen (secondary N) is 1. The third-order valence-electron chi connectivity index (χ3n) is 5.64. The molecule has 3 heterocycles. The maximum absolute atomic E-state index is 14.7. The quantitative estimate of drug-likeness (QED) is 0.452. The van der Waals surface area contributed by atoms with Crippen LogP contribution in [0.15, 0.2) is 41.7 Å². The lowest BCUT2D eigenvalue weighted by molar-refractivity contribution is -0.192. The smallest absolute Gasteiger partial charge is 0.475 e. The van der Waals surface area contributed by atoms with Gasteiger partial charge in [-0.2, -0.15) is 18.3 Å². The zero-order valence-electron chi connectivity index (χ0n) is 18.3. The Labute approximate surface area is 198 Å². The van der Waals surface area contributed by atoms with Gasteiger partial charge >= 0.3 is 12.1 Å². The Morgan fingerprint density at radius 2 is 2.03 bits per heavy atom. The summed E-state index contributed by atoms with van der Waals surface area (Å²) < 4.78 is 81.8. The van der Waals surface area contributed by atoms with Crippen LogP contribution in [0.4, 0.5) is 37.8 Å². The van der Waals surface area contributed by atoms with Crippen molar-refractivity contribution < 1.29 is 41.0 Å². The molecular weight excluding hydrogens is 498 g/mol. The van der Waals surface area contributed by atoms with Crippen molar-refractivity contribution in [2.75, 3.05) is 5.32 Å². The van der Waals surface area contributed by atoms with Crippen LogP contribution in [0.1, 0.15) is 12.0 Å². The molecule has 15 heteroatoms. The van der Waals surface area contributed by atoms with Gasteiger partial charge in [-0.25, -0.2) is 27.9 Å². The molecule has 36 heavy (non-hydrogen) atoms. The summed E-state index contributed by atoms with van der Waals surface area (Å²) in [4.78, 5) is 17.1. The Morgan fingerprint density at radius 1 is 1.33 bits per heavy atom. The zero-order chi connectivity index (χ0) is 26.4. The van der Waals surface area contributed by atoms with E-state index in [4.69, 9.17) is 20.4 Å². The maximum Gasteiger partial charge on any atom is 0.490 e. The van der Waals surface area contributed by atoms with Gasteiger partial charge in [0, 0.05) is 42.0 Å². The van der Waals surface area contributed by atoms with E-state index in [1.165, 1.54) is 12.1 Å². The first kappa shape index (κ1) is 25.1. The Morgan fingerprint density at radius 3 is 2.67 bits per heavy atom. The number of aryl methyl sites for hydroxylation is 1. The number of alkyl halides is 5. The normalized spacial score (nSPS) is 22.7. The summed E-state index contributed by atoms with van der Waals surface area (Å²) in [6, 6.07) is 5.39. The fraction of sp³-hybridized carbons (Fsp3) is 0.333. The number of aliphatic carboxylic acids is 1. The van der Waals surface area contributed by atoms with Crippen LogP contribution in [-0.4, -0.2) is 50.6 Å². The summed E-state index contributed by atoms with van der Waals surface area (Å²) in [7, 11) is 1.78. The van der Waals surface area contributed by atoms with Gasteiger partial charge in [-0.1, -0.05) is 0 Å². The lowest BCUT2D eigenvalue weighted by atomic mass is 9.84. The number of ether oxygens (including phenoxy) is 1. The van der Waals surface area contributed by atoms with Gasteiger partial charge in [0.25, 0.3) is 12.4 Å². The van der Waals surface area contributed by atoms with Crippen molar-refractivity contribution in [3.8, 4) is 0 Å². The molecule has 0 radical (unpaired) electrons. The fourth-order valence-corrected chi connectivity index (χ4v) is 4.00. The van der Waals surface area contributed by atoms with Gasteiger partial charge in [0.05, 0.1) is 0 Å². The second-order valence-electron chi connectivity index (χ2n) is 8.10. The van der Waals surface area contributed by atoms with Gasteiger partial charge < -0.3 is 20.9 Å². The lowest BCUT2D eigenvalue weighted by Crippen LogP contribution is -2.43. The van der Waals surface area contributed by atoms with Crippen LogP contribution in [0.3, 0.4) is 0 Å². The predicted molar refractivity (Wildman–Crippen MR) is 114 cm³/mol. The molecule has 192 valence electrons. The summed E-state index contributed by atoms with van der Waals surface area (Å²) in [6.45, 7) is 0. The molecular formula is C21H18F6N6O3. The highest BCUT2D eigenvalue weighted by Crippen LogP contribution is 2.56. The number of rotatable bonds is 4. The minimum atomic E-state index is -5.08. The summed E-state index contributed by atoms with van der Waals surface area (Å²) in [5, 5.41) is 15.4. The zero-order valence-corrected chi connectivity index (χ0v) is 18.3. The number of anilines is 2. The molecule has 0 spiro atoms. The molecule has 3 aromatic rings. The van der Waals surface area contributed by atoms with E-state index in [-0.39, 0.29) is 11.6 Å². The van der Waals surface area contributed by atoms with Crippen molar-refractivity contribution in [1.82, 2.24) is 14.8 Å². The molecule has 1 aromatic carbocycles. The maximum atomic E-state index is 14.7. The van der Waals surface area contributed by atoms with E-state index in [1.54, 1.807) is 17.9 Å². The van der Waals surface area contributed by atoms with Crippen LogP contribution in [-0.2, 0) is 22.1 Å². The number of hydrogen-bond donors (Lipinski definition) is 3. The number of aromatic nitrogens is 3. The van der Waals surface area contributed by atoms with Crippen molar-refractivity contribution in [3.05, 3.63) is 48.0 Å². The van der Waals surface area contributed by atoms with Crippen molar-refractivity contribution >= 4 is 34.4 Å². The van der Waals surface area contributed by atoms with Gasteiger partial charge in [0.2, 0.25) is 0 Å². The first-order valence-corrected chi connectivity index (χ1v) is 10.3. The number of amidine groups is 1. The molecule has 5 rings (SSSR count). The molecule has 2 aliphatic rings. The Hall–Kier alpha value is -4.04. The highest BCUT2D eigenvalue weighted by atomic mass is 19.4. The molecule has 9 nitrogen and oxygen atoms in total. The number of pyridine rings is 1. The number of carbonyl (C=O) groups is 1. The SMILES string of the molecule is Cn1cc2ccnc(Nc3ccc(F)c([C@@]4(C(F)F)N=C(N)O[C@@H]5C[C@@H]54)c3)c2n1.O=C(O)C(F)(F)F.